The molecule has 31 heavy (non-hydrogen) atoms. The fourth-order valence-corrected chi connectivity index (χ4v) is 4.12. The van der Waals surface area contributed by atoms with Gasteiger partial charge in [0.25, 0.3) is 0 Å². The molecule has 0 saturated carbocycles. The zero-order valence-corrected chi connectivity index (χ0v) is 17.2. The van der Waals surface area contributed by atoms with Crippen molar-refractivity contribution in [2.75, 3.05) is 5.73 Å². The van der Waals surface area contributed by atoms with Gasteiger partial charge in [-0.2, -0.15) is 0 Å². The molecular formula is C30H23N. The summed E-state index contributed by atoms with van der Waals surface area (Å²) in [4.78, 5) is 0. The second-order valence-corrected chi connectivity index (χ2v) is 7.62. The van der Waals surface area contributed by atoms with E-state index in [-0.39, 0.29) is 0 Å². The zero-order valence-electron chi connectivity index (χ0n) is 17.2. The summed E-state index contributed by atoms with van der Waals surface area (Å²) < 4.78 is 0. The van der Waals surface area contributed by atoms with Gasteiger partial charge >= 0.3 is 0 Å². The summed E-state index contributed by atoms with van der Waals surface area (Å²) in [6, 6.07) is 44.3. The van der Waals surface area contributed by atoms with Crippen LogP contribution in [0.2, 0.25) is 0 Å². The molecule has 0 heterocycles. The van der Waals surface area contributed by atoms with E-state index in [4.69, 9.17) is 5.73 Å². The molecule has 1 heteroatoms. The van der Waals surface area contributed by atoms with Crippen LogP contribution in [0.3, 0.4) is 0 Å². The normalized spacial score (nSPS) is 10.7. The van der Waals surface area contributed by atoms with Gasteiger partial charge in [0, 0.05) is 16.8 Å². The Kier molecular flexibility index (Phi) is 5.08. The number of rotatable bonds is 4. The number of hydrogen-bond donors (Lipinski definition) is 1. The summed E-state index contributed by atoms with van der Waals surface area (Å²) in [7, 11) is 0. The highest BCUT2D eigenvalue weighted by Crippen LogP contribution is 2.42. The number of hydrogen-bond acceptors (Lipinski definition) is 1. The Morgan fingerprint density at radius 2 is 0.710 bits per heavy atom. The Bertz CT molecular complexity index is 1290. The molecule has 1 nitrogen and oxygen atoms in total. The van der Waals surface area contributed by atoms with E-state index >= 15 is 0 Å². The Balaban J connectivity index is 1.64. The molecule has 0 bridgehead atoms. The van der Waals surface area contributed by atoms with Gasteiger partial charge in [-0.05, 0) is 33.4 Å². The highest BCUT2D eigenvalue weighted by Gasteiger charge is 2.15. The van der Waals surface area contributed by atoms with Gasteiger partial charge in [0.15, 0.2) is 0 Å². The monoisotopic (exact) mass is 397 g/mol. The molecule has 0 fully saturated rings. The van der Waals surface area contributed by atoms with Crippen molar-refractivity contribution in [2.45, 2.75) is 0 Å². The predicted molar refractivity (Wildman–Crippen MR) is 133 cm³/mol. The van der Waals surface area contributed by atoms with E-state index in [2.05, 4.69) is 109 Å². The van der Waals surface area contributed by atoms with Crippen molar-refractivity contribution in [3.05, 3.63) is 127 Å². The first-order chi connectivity index (χ1) is 15.3. The lowest BCUT2D eigenvalue weighted by atomic mass is 9.89. The van der Waals surface area contributed by atoms with Crippen LogP contribution in [-0.2, 0) is 0 Å². The average Bonchev–Trinajstić information content (AvgIpc) is 2.85. The van der Waals surface area contributed by atoms with Gasteiger partial charge in [-0.1, -0.05) is 127 Å². The van der Waals surface area contributed by atoms with E-state index in [0.717, 1.165) is 33.5 Å². The first kappa shape index (κ1) is 18.9. The molecule has 0 spiro atoms. The lowest BCUT2D eigenvalue weighted by molar-refractivity contribution is 1.55. The SMILES string of the molecule is Nc1c(-c2ccc(-c3ccccc3)cc2)ccc(-c2ccccc2)c1-c1ccccc1. The van der Waals surface area contributed by atoms with Crippen LogP contribution >= 0.6 is 0 Å². The molecule has 0 aliphatic heterocycles. The summed E-state index contributed by atoms with van der Waals surface area (Å²) in [5, 5.41) is 0. The van der Waals surface area contributed by atoms with Crippen LogP contribution in [0.5, 0.6) is 0 Å². The van der Waals surface area contributed by atoms with Gasteiger partial charge < -0.3 is 5.73 Å². The van der Waals surface area contributed by atoms with Crippen molar-refractivity contribution in [3.63, 3.8) is 0 Å². The van der Waals surface area contributed by atoms with Gasteiger partial charge in [0.2, 0.25) is 0 Å². The van der Waals surface area contributed by atoms with Crippen molar-refractivity contribution in [1.29, 1.82) is 0 Å². The van der Waals surface area contributed by atoms with Crippen molar-refractivity contribution < 1.29 is 0 Å². The van der Waals surface area contributed by atoms with Crippen molar-refractivity contribution in [2.24, 2.45) is 0 Å². The van der Waals surface area contributed by atoms with Crippen LogP contribution in [0.15, 0.2) is 127 Å². The largest absolute Gasteiger partial charge is 0.398 e. The van der Waals surface area contributed by atoms with Crippen LogP contribution in [0.4, 0.5) is 5.69 Å². The Labute approximate surface area is 183 Å². The molecule has 0 saturated heterocycles. The molecule has 0 amide bonds. The van der Waals surface area contributed by atoms with Crippen LogP contribution < -0.4 is 5.73 Å². The molecule has 148 valence electrons. The highest BCUT2D eigenvalue weighted by atomic mass is 14.6. The van der Waals surface area contributed by atoms with E-state index in [1.807, 2.05) is 18.2 Å². The third kappa shape index (κ3) is 3.74. The third-order valence-electron chi connectivity index (χ3n) is 5.70. The molecule has 0 radical (unpaired) electrons. The average molecular weight is 398 g/mol. The van der Waals surface area contributed by atoms with Crippen molar-refractivity contribution in [1.82, 2.24) is 0 Å². The van der Waals surface area contributed by atoms with E-state index in [1.165, 1.54) is 16.7 Å². The highest BCUT2D eigenvalue weighted by molar-refractivity contribution is 5.98. The summed E-state index contributed by atoms with van der Waals surface area (Å²) in [6.07, 6.45) is 0. The molecule has 0 unspecified atom stereocenters. The lowest BCUT2D eigenvalue weighted by Crippen LogP contribution is -1.97. The van der Waals surface area contributed by atoms with E-state index in [1.54, 1.807) is 0 Å². The Hall–Kier alpha value is -4.10. The molecule has 5 rings (SSSR count). The van der Waals surface area contributed by atoms with Crippen LogP contribution in [0.25, 0.3) is 44.5 Å². The van der Waals surface area contributed by atoms with E-state index < -0.39 is 0 Å². The molecule has 0 aliphatic carbocycles. The number of benzene rings is 5. The number of anilines is 1. The zero-order chi connectivity index (χ0) is 21.0. The molecule has 5 aromatic rings. The molecule has 0 aliphatic rings. The maximum absolute atomic E-state index is 6.83. The van der Waals surface area contributed by atoms with Gasteiger partial charge in [-0.25, -0.2) is 0 Å². The lowest BCUT2D eigenvalue weighted by Gasteiger charge is -2.17. The fourth-order valence-electron chi connectivity index (χ4n) is 4.12. The number of nitrogen functional groups attached to an aromatic ring is 1. The predicted octanol–water partition coefficient (Wildman–Crippen LogP) is 7.94. The smallest absolute Gasteiger partial charge is 0.0479 e. The maximum Gasteiger partial charge on any atom is 0.0479 e. The summed E-state index contributed by atoms with van der Waals surface area (Å²) in [5.41, 5.74) is 16.7. The fraction of sp³-hybridized carbons (Fsp3) is 0. The quantitative estimate of drug-likeness (QED) is 0.306. The second kappa shape index (κ2) is 8.33. The standard InChI is InChI=1S/C30H23N/c31-30-28(25-18-16-23(17-19-25)22-10-4-1-5-11-22)21-20-27(24-12-6-2-7-13-24)29(30)26-14-8-3-9-15-26/h1-21H,31H2. The second-order valence-electron chi connectivity index (χ2n) is 7.62. The summed E-state index contributed by atoms with van der Waals surface area (Å²) in [6.45, 7) is 0. The van der Waals surface area contributed by atoms with Crippen molar-refractivity contribution >= 4 is 5.69 Å². The van der Waals surface area contributed by atoms with Crippen molar-refractivity contribution in [3.8, 4) is 44.5 Å². The summed E-state index contributed by atoms with van der Waals surface area (Å²) >= 11 is 0. The first-order valence-electron chi connectivity index (χ1n) is 10.5. The molecular weight excluding hydrogens is 374 g/mol. The Morgan fingerprint density at radius 1 is 0.323 bits per heavy atom. The van der Waals surface area contributed by atoms with Gasteiger partial charge in [-0.15, -0.1) is 0 Å². The van der Waals surface area contributed by atoms with Crippen LogP contribution in [0.1, 0.15) is 0 Å². The van der Waals surface area contributed by atoms with Gasteiger partial charge in [0.1, 0.15) is 0 Å². The molecule has 2 N–H and O–H groups in total. The maximum atomic E-state index is 6.83. The minimum atomic E-state index is 0.806. The molecule has 0 atom stereocenters. The van der Waals surface area contributed by atoms with Crippen LogP contribution in [0, 0.1) is 0 Å². The van der Waals surface area contributed by atoms with Gasteiger partial charge in [-0.3, -0.25) is 0 Å². The molecule has 5 aromatic carbocycles. The van der Waals surface area contributed by atoms with E-state index in [9.17, 15) is 0 Å². The minimum Gasteiger partial charge on any atom is -0.398 e. The van der Waals surface area contributed by atoms with E-state index in [0.29, 0.717) is 0 Å². The van der Waals surface area contributed by atoms with Crippen LogP contribution in [-0.4, -0.2) is 0 Å². The molecule has 0 aromatic heterocycles. The summed E-state index contributed by atoms with van der Waals surface area (Å²) in [5.74, 6) is 0. The minimum absolute atomic E-state index is 0.806. The first-order valence-corrected chi connectivity index (χ1v) is 10.5. The Morgan fingerprint density at radius 3 is 1.29 bits per heavy atom. The van der Waals surface area contributed by atoms with Gasteiger partial charge in [0.05, 0.1) is 0 Å². The third-order valence-corrected chi connectivity index (χ3v) is 5.70. The topological polar surface area (TPSA) is 26.0 Å². The number of nitrogens with two attached hydrogens (primary N) is 1.